The van der Waals surface area contributed by atoms with Crippen LogP contribution in [0.15, 0.2) is 71.8 Å². The van der Waals surface area contributed by atoms with Gasteiger partial charge in [0.05, 0.1) is 18.0 Å². The van der Waals surface area contributed by atoms with E-state index in [0.29, 0.717) is 0 Å². The lowest BCUT2D eigenvalue weighted by atomic mass is 10.0. The number of aromatic hydroxyl groups is 1. The molecule has 0 aliphatic heterocycles. The van der Waals surface area contributed by atoms with E-state index < -0.39 is 56.3 Å². The first-order valence-electron chi connectivity index (χ1n) is 10.8. The van der Waals surface area contributed by atoms with Gasteiger partial charge in [0.1, 0.15) is 17.1 Å². The van der Waals surface area contributed by atoms with Crippen molar-refractivity contribution < 1.29 is 37.3 Å². The van der Waals surface area contributed by atoms with E-state index in [1.807, 2.05) is 0 Å². The van der Waals surface area contributed by atoms with E-state index in [1.165, 1.54) is 45.4 Å². The average Bonchev–Trinajstić information content (AvgIpc) is 2.85. The smallest absolute Gasteiger partial charge is 0.326 e. The quantitative estimate of drug-likeness (QED) is 0.413. The van der Waals surface area contributed by atoms with Crippen molar-refractivity contribution in [1.82, 2.24) is 9.88 Å². The van der Waals surface area contributed by atoms with Gasteiger partial charge in [-0.3, -0.25) is 4.79 Å². The Hall–Kier alpha value is -3.99. The Kier molecular flexibility index (Phi) is 7.93. The van der Waals surface area contributed by atoms with Crippen molar-refractivity contribution >= 4 is 21.7 Å². The second-order valence-corrected chi connectivity index (χ2v) is 10.1. The molecule has 0 fully saturated rings. The van der Waals surface area contributed by atoms with Crippen molar-refractivity contribution in [3.63, 3.8) is 0 Å². The van der Waals surface area contributed by atoms with Gasteiger partial charge in [-0.05, 0) is 43.7 Å². The Morgan fingerprint density at radius 3 is 2.19 bits per heavy atom. The van der Waals surface area contributed by atoms with Gasteiger partial charge < -0.3 is 19.8 Å². The summed E-state index contributed by atoms with van der Waals surface area (Å²) in [5.74, 6) is -3.72. The molecule has 0 spiro atoms. The zero-order chi connectivity index (χ0) is 26.6. The van der Waals surface area contributed by atoms with Crippen molar-refractivity contribution in [3.8, 4) is 11.5 Å². The Labute approximate surface area is 207 Å². The van der Waals surface area contributed by atoms with E-state index >= 15 is 0 Å². The van der Waals surface area contributed by atoms with Gasteiger partial charge in [-0.25, -0.2) is 22.6 Å². The van der Waals surface area contributed by atoms with Gasteiger partial charge in [-0.15, -0.1) is 0 Å². The topological polar surface area (TPSA) is 134 Å². The molecule has 3 atom stereocenters. The van der Waals surface area contributed by atoms with E-state index in [1.54, 1.807) is 18.2 Å². The molecule has 3 aromatic rings. The predicted octanol–water partition coefficient (Wildman–Crippen LogP) is 3.45. The number of hydrogen-bond donors (Lipinski definition) is 2. The molecule has 2 N–H and O–H groups in total. The monoisotopic (exact) mass is 516 g/mol. The molecule has 11 heteroatoms. The number of methoxy groups -OCH3 is 1. The number of halogens is 1. The Morgan fingerprint density at radius 2 is 1.64 bits per heavy atom. The highest BCUT2D eigenvalue weighted by molar-refractivity contribution is 7.91. The van der Waals surface area contributed by atoms with Crippen LogP contribution in [0.25, 0.3) is 0 Å². The van der Waals surface area contributed by atoms with Gasteiger partial charge in [0.25, 0.3) is 5.91 Å². The number of benzene rings is 2. The zero-order valence-corrected chi connectivity index (χ0v) is 20.5. The van der Waals surface area contributed by atoms with E-state index in [0.717, 1.165) is 29.2 Å². The number of pyridine rings is 1. The third-order valence-corrected chi connectivity index (χ3v) is 8.06. The first-order chi connectivity index (χ1) is 17.0. The summed E-state index contributed by atoms with van der Waals surface area (Å²) in [6, 6.07) is 10.7. The zero-order valence-electron chi connectivity index (χ0n) is 19.7. The fourth-order valence-corrected chi connectivity index (χ4v) is 5.96. The van der Waals surface area contributed by atoms with Crippen LogP contribution in [-0.2, 0) is 14.6 Å². The van der Waals surface area contributed by atoms with Crippen LogP contribution >= 0.6 is 0 Å². The minimum Gasteiger partial charge on any atom is -0.503 e. The summed E-state index contributed by atoms with van der Waals surface area (Å²) in [7, 11) is -3.01. The SMILES string of the molecule is COc1ccnc(C(=O)N(C(C)C(c2ccccc2)S(=O)(=O)c2ccc(F)cc2)[C@@H](C)C(=O)O)c1O. The summed E-state index contributed by atoms with van der Waals surface area (Å²) in [4.78, 5) is 30.2. The molecule has 190 valence electrons. The molecule has 9 nitrogen and oxygen atoms in total. The van der Waals surface area contributed by atoms with Crippen molar-refractivity contribution in [3.05, 3.63) is 83.9 Å². The molecule has 0 aliphatic carbocycles. The number of nitrogens with zero attached hydrogens (tertiary/aromatic N) is 2. The fourth-order valence-electron chi connectivity index (χ4n) is 3.99. The molecule has 36 heavy (non-hydrogen) atoms. The molecule has 0 bridgehead atoms. The Bertz CT molecular complexity index is 1350. The molecule has 2 aromatic carbocycles. The van der Waals surface area contributed by atoms with Crippen LogP contribution in [0.3, 0.4) is 0 Å². The minimum atomic E-state index is -4.27. The second-order valence-electron chi connectivity index (χ2n) is 8.01. The van der Waals surface area contributed by atoms with Gasteiger partial charge in [0.15, 0.2) is 27.0 Å². The highest BCUT2D eigenvalue weighted by atomic mass is 32.2. The van der Waals surface area contributed by atoms with Gasteiger partial charge in [-0.2, -0.15) is 0 Å². The largest absolute Gasteiger partial charge is 0.503 e. The highest BCUT2D eigenvalue weighted by Gasteiger charge is 2.43. The maximum Gasteiger partial charge on any atom is 0.326 e. The first kappa shape index (κ1) is 26.6. The molecule has 1 heterocycles. The average molecular weight is 517 g/mol. The van der Waals surface area contributed by atoms with E-state index in [-0.39, 0.29) is 16.2 Å². The number of amides is 1. The normalized spacial score (nSPS) is 13.9. The van der Waals surface area contributed by atoms with Gasteiger partial charge in [0.2, 0.25) is 0 Å². The second kappa shape index (κ2) is 10.7. The highest BCUT2D eigenvalue weighted by Crippen LogP contribution is 2.37. The summed E-state index contributed by atoms with van der Waals surface area (Å²) in [5, 5.41) is 18.8. The fraction of sp³-hybridized carbons (Fsp3) is 0.240. The molecule has 0 saturated heterocycles. The van der Waals surface area contributed by atoms with Crippen molar-refractivity contribution in [2.24, 2.45) is 0 Å². The number of hydrogen-bond acceptors (Lipinski definition) is 7. The summed E-state index contributed by atoms with van der Waals surface area (Å²) < 4.78 is 46.2. The summed E-state index contributed by atoms with van der Waals surface area (Å²) in [6.45, 7) is 2.62. The molecule has 0 aliphatic rings. The van der Waals surface area contributed by atoms with Crippen LogP contribution in [0.4, 0.5) is 4.39 Å². The third kappa shape index (κ3) is 5.15. The first-order valence-corrected chi connectivity index (χ1v) is 12.4. The molecule has 3 rings (SSSR count). The van der Waals surface area contributed by atoms with E-state index in [2.05, 4.69) is 4.98 Å². The van der Waals surface area contributed by atoms with Crippen LogP contribution in [-0.4, -0.2) is 59.6 Å². The van der Waals surface area contributed by atoms with Crippen LogP contribution < -0.4 is 4.74 Å². The molecule has 1 amide bonds. The standard InChI is InChI=1S/C25H25FN2O7S/c1-15(28(16(2)25(31)32)24(30)21-22(29)20(35-3)13-14-27-21)23(17-7-5-4-6-8-17)36(33,34)19-11-9-18(26)10-12-19/h4-16,23,29H,1-3H3,(H,31,32)/t15?,16-,23?/m0/s1. The number of carboxylic acid groups (broad SMARTS) is 1. The molecule has 0 radical (unpaired) electrons. The van der Waals surface area contributed by atoms with Crippen LogP contribution in [0.1, 0.15) is 35.1 Å². The molecular weight excluding hydrogens is 491 g/mol. The maximum absolute atomic E-state index is 13.8. The molecule has 2 unspecified atom stereocenters. The van der Waals surface area contributed by atoms with Crippen molar-refractivity contribution in [2.45, 2.75) is 36.1 Å². The number of aliphatic carboxylic acids is 1. The van der Waals surface area contributed by atoms with Gasteiger partial charge in [-0.1, -0.05) is 30.3 Å². The van der Waals surface area contributed by atoms with Gasteiger partial charge >= 0.3 is 5.97 Å². The van der Waals surface area contributed by atoms with Crippen LogP contribution in [0.2, 0.25) is 0 Å². The number of aromatic nitrogens is 1. The van der Waals surface area contributed by atoms with Crippen molar-refractivity contribution in [2.75, 3.05) is 7.11 Å². The number of carbonyl (C=O) groups excluding carboxylic acids is 1. The molecule has 0 saturated carbocycles. The number of sulfone groups is 1. The number of carboxylic acids is 1. The third-order valence-electron chi connectivity index (χ3n) is 5.80. The van der Waals surface area contributed by atoms with Crippen LogP contribution in [0, 0.1) is 5.82 Å². The summed E-state index contributed by atoms with van der Waals surface area (Å²) in [5.41, 5.74) is -0.215. The predicted molar refractivity (Wildman–Crippen MR) is 128 cm³/mol. The number of rotatable bonds is 9. The van der Waals surface area contributed by atoms with Crippen LogP contribution in [0.5, 0.6) is 11.5 Å². The number of carbonyl (C=O) groups is 2. The van der Waals surface area contributed by atoms with Crippen molar-refractivity contribution in [1.29, 1.82) is 0 Å². The minimum absolute atomic E-state index is 0.0672. The lowest BCUT2D eigenvalue weighted by Crippen LogP contribution is -2.51. The lowest BCUT2D eigenvalue weighted by molar-refractivity contribution is -0.142. The maximum atomic E-state index is 13.8. The molecule has 1 aromatic heterocycles. The number of ether oxygens (including phenoxy) is 1. The lowest BCUT2D eigenvalue weighted by Gasteiger charge is -2.37. The Morgan fingerprint density at radius 1 is 1.03 bits per heavy atom. The summed E-state index contributed by atoms with van der Waals surface area (Å²) >= 11 is 0. The van der Waals surface area contributed by atoms with Gasteiger partial charge in [0, 0.05) is 12.3 Å². The molecular formula is C25H25FN2O7S. The van der Waals surface area contributed by atoms with E-state index in [9.17, 15) is 32.6 Å². The summed E-state index contributed by atoms with van der Waals surface area (Å²) in [6.07, 6.45) is 1.20. The Balaban J connectivity index is 2.21. The van der Waals surface area contributed by atoms with E-state index in [4.69, 9.17) is 4.74 Å².